The van der Waals surface area contributed by atoms with Gasteiger partial charge < -0.3 is 9.84 Å². The first-order chi connectivity index (χ1) is 11.0. The molecule has 1 aromatic heterocycles. The van der Waals surface area contributed by atoms with Crippen molar-refractivity contribution in [2.75, 3.05) is 7.11 Å². The third-order valence-electron chi connectivity index (χ3n) is 3.22. The van der Waals surface area contributed by atoms with Crippen molar-refractivity contribution < 1.29 is 19.4 Å². The second-order valence-electron chi connectivity index (χ2n) is 4.75. The number of nitrogens with zero attached hydrogens (tertiary/aromatic N) is 2. The van der Waals surface area contributed by atoms with Gasteiger partial charge >= 0.3 is 5.97 Å². The van der Waals surface area contributed by atoms with E-state index in [0.717, 1.165) is 5.56 Å². The van der Waals surface area contributed by atoms with Gasteiger partial charge in [-0.25, -0.2) is 9.83 Å². The number of carbonyl (C=O) groups excluding carboxylic acids is 2. The average Bonchev–Trinajstić information content (AvgIpc) is 2.59. The van der Waals surface area contributed by atoms with E-state index in [0.29, 0.717) is 11.3 Å². The van der Waals surface area contributed by atoms with Crippen LogP contribution >= 0.6 is 0 Å². The first-order valence-electron chi connectivity index (χ1n) is 6.82. The van der Waals surface area contributed by atoms with Crippen molar-refractivity contribution in [1.29, 1.82) is 0 Å². The molecule has 6 nitrogen and oxygen atoms in total. The zero-order valence-electron chi connectivity index (χ0n) is 12.4. The molecule has 23 heavy (non-hydrogen) atoms. The molecular formula is C17H14N2O4. The first kappa shape index (κ1) is 16.2. The molecule has 0 unspecified atom stereocenters. The van der Waals surface area contributed by atoms with Crippen molar-refractivity contribution in [1.82, 2.24) is 4.98 Å². The molecule has 0 radical (unpaired) electrons. The molecule has 1 aromatic carbocycles. The Bertz CT molecular complexity index is 793. The van der Waals surface area contributed by atoms with Gasteiger partial charge in [0.05, 0.1) is 20.1 Å². The first-order valence-corrected chi connectivity index (χ1v) is 6.82. The molecular weight excluding hydrogens is 296 g/mol. The van der Waals surface area contributed by atoms with Crippen LogP contribution in [0.4, 0.5) is 5.69 Å². The Morgan fingerprint density at radius 1 is 1.26 bits per heavy atom. The lowest BCUT2D eigenvalue weighted by Gasteiger charge is -2.06. The fourth-order valence-corrected chi connectivity index (χ4v) is 2.02. The molecule has 1 heterocycles. The highest BCUT2D eigenvalue weighted by molar-refractivity contribution is 5.98. The van der Waals surface area contributed by atoms with Crippen LogP contribution in [-0.2, 0) is 9.53 Å². The fraction of sp³-hybridized carbons (Fsp3) is 0.176. The Labute approximate surface area is 133 Å². The molecule has 0 saturated heterocycles. The number of pyridine rings is 1. The van der Waals surface area contributed by atoms with Gasteiger partial charge in [-0.15, -0.1) is 0 Å². The molecule has 0 aliphatic carbocycles. The Kier molecular flexibility index (Phi) is 5.05. The summed E-state index contributed by atoms with van der Waals surface area (Å²) < 4.78 is 4.47. The van der Waals surface area contributed by atoms with Crippen LogP contribution in [0.1, 0.15) is 23.3 Å². The zero-order valence-corrected chi connectivity index (χ0v) is 12.4. The van der Waals surface area contributed by atoms with Crippen molar-refractivity contribution in [3.63, 3.8) is 0 Å². The van der Waals surface area contributed by atoms with Crippen molar-refractivity contribution in [3.8, 4) is 16.9 Å². The standard InChI is InChI=1S/C17H14N2O4/c1-18-13-5-3-4-11(8-13)12-9-15(21)17(19-10-12)14(20)6-7-16(22)23-2/h3-5,8-10,21H,6-7H2,2H3. The number of hydrogen-bond acceptors (Lipinski definition) is 5. The van der Waals surface area contributed by atoms with Crippen LogP contribution in [0.2, 0.25) is 0 Å². The molecule has 0 fully saturated rings. The van der Waals surface area contributed by atoms with Crippen molar-refractivity contribution in [3.05, 3.63) is 53.6 Å². The zero-order chi connectivity index (χ0) is 16.8. The topological polar surface area (TPSA) is 80.9 Å². The minimum Gasteiger partial charge on any atom is -0.506 e. The monoisotopic (exact) mass is 310 g/mol. The maximum Gasteiger partial charge on any atom is 0.305 e. The van der Waals surface area contributed by atoms with Gasteiger partial charge in [0, 0.05) is 18.2 Å². The van der Waals surface area contributed by atoms with E-state index in [9.17, 15) is 14.7 Å². The maximum absolute atomic E-state index is 12.0. The average molecular weight is 310 g/mol. The maximum atomic E-state index is 12.0. The van der Waals surface area contributed by atoms with Crippen LogP contribution in [0.15, 0.2) is 36.5 Å². The van der Waals surface area contributed by atoms with Crippen LogP contribution in [0, 0.1) is 6.57 Å². The summed E-state index contributed by atoms with van der Waals surface area (Å²) in [6.45, 7) is 7.01. The summed E-state index contributed by atoms with van der Waals surface area (Å²) in [5.74, 6) is -1.19. The van der Waals surface area contributed by atoms with E-state index in [1.54, 1.807) is 24.3 Å². The molecule has 2 aromatic rings. The number of ether oxygens (including phenoxy) is 1. The molecule has 6 heteroatoms. The van der Waals surface area contributed by atoms with Crippen molar-refractivity contribution in [2.45, 2.75) is 12.8 Å². The highest BCUT2D eigenvalue weighted by Crippen LogP contribution is 2.28. The Morgan fingerprint density at radius 2 is 2.04 bits per heavy atom. The molecule has 1 N–H and O–H groups in total. The summed E-state index contributed by atoms with van der Waals surface area (Å²) in [5, 5.41) is 10.0. The number of benzene rings is 1. The summed E-state index contributed by atoms with van der Waals surface area (Å²) >= 11 is 0. The largest absolute Gasteiger partial charge is 0.506 e. The summed E-state index contributed by atoms with van der Waals surface area (Å²) in [5.41, 5.74) is 1.70. The molecule has 2 rings (SSSR count). The Hall–Kier alpha value is -3.20. The molecule has 0 bridgehead atoms. The fourth-order valence-electron chi connectivity index (χ4n) is 2.02. The predicted octanol–water partition coefficient (Wildman–Crippen LogP) is 3.14. The number of rotatable bonds is 5. The van der Waals surface area contributed by atoms with Crippen LogP contribution in [0.3, 0.4) is 0 Å². The van der Waals surface area contributed by atoms with E-state index in [2.05, 4.69) is 14.6 Å². The highest BCUT2D eigenvalue weighted by Gasteiger charge is 2.16. The summed E-state index contributed by atoms with van der Waals surface area (Å²) in [6.07, 6.45) is 1.30. The number of aromatic hydroxyl groups is 1. The Morgan fingerprint density at radius 3 is 2.70 bits per heavy atom. The quantitative estimate of drug-likeness (QED) is 0.521. The number of hydrogen-bond donors (Lipinski definition) is 1. The second kappa shape index (κ2) is 7.18. The smallest absolute Gasteiger partial charge is 0.305 e. The van der Waals surface area contributed by atoms with Crippen LogP contribution in [-0.4, -0.2) is 29.0 Å². The number of Topliss-reactive ketones (excluding diaryl/α,β-unsaturated/α-hetero) is 1. The highest BCUT2D eigenvalue weighted by atomic mass is 16.5. The molecule has 116 valence electrons. The summed E-state index contributed by atoms with van der Waals surface area (Å²) in [4.78, 5) is 30.3. The molecule has 0 aliphatic heterocycles. The molecule has 0 aliphatic rings. The lowest BCUT2D eigenvalue weighted by molar-refractivity contribution is -0.140. The molecule has 0 atom stereocenters. The third kappa shape index (κ3) is 3.92. The number of aromatic nitrogens is 1. The minimum absolute atomic E-state index is 0.0642. The van der Waals surface area contributed by atoms with Gasteiger partial charge in [-0.2, -0.15) is 0 Å². The van der Waals surface area contributed by atoms with E-state index < -0.39 is 11.8 Å². The van der Waals surface area contributed by atoms with E-state index in [1.807, 2.05) is 0 Å². The molecule has 0 amide bonds. The van der Waals surface area contributed by atoms with Crippen molar-refractivity contribution >= 4 is 17.4 Å². The normalized spacial score (nSPS) is 9.91. The lowest BCUT2D eigenvalue weighted by Crippen LogP contribution is -2.07. The van der Waals surface area contributed by atoms with Gasteiger partial charge in [0.2, 0.25) is 0 Å². The third-order valence-corrected chi connectivity index (χ3v) is 3.22. The number of carbonyl (C=O) groups is 2. The minimum atomic E-state index is -0.495. The van der Waals surface area contributed by atoms with E-state index in [1.165, 1.54) is 19.4 Å². The molecule has 0 saturated carbocycles. The predicted molar refractivity (Wildman–Crippen MR) is 83.2 cm³/mol. The van der Waals surface area contributed by atoms with Crippen LogP contribution in [0.5, 0.6) is 5.75 Å². The SMILES string of the molecule is [C-]#[N+]c1cccc(-c2cnc(C(=O)CCC(=O)OC)c(O)c2)c1. The number of esters is 1. The lowest BCUT2D eigenvalue weighted by atomic mass is 10.0. The van der Waals surface area contributed by atoms with E-state index in [-0.39, 0.29) is 24.3 Å². The second-order valence-corrected chi connectivity index (χ2v) is 4.75. The van der Waals surface area contributed by atoms with Gasteiger partial charge in [-0.3, -0.25) is 9.59 Å². The number of ketones is 1. The van der Waals surface area contributed by atoms with Crippen molar-refractivity contribution in [2.24, 2.45) is 0 Å². The van der Waals surface area contributed by atoms with Crippen LogP contribution < -0.4 is 0 Å². The van der Waals surface area contributed by atoms with Gasteiger partial charge in [-0.1, -0.05) is 18.2 Å². The molecule has 0 spiro atoms. The van der Waals surface area contributed by atoms with Gasteiger partial charge in [0.15, 0.2) is 11.5 Å². The summed E-state index contributed by atoms with van der Waals surface area (Å²) in [7, 11) is 1.24. The van der Waals surface area contributed by atoms with Gasteiger partial charge in [0.25, 0.3) is 0 Å². The van der Waals surface area contributed by atoms with E-state index in [4.69, 9.17) is 6.57 Å². The Balaban J connectivity index is 2.22. The van der Waals surface area contributed by atoms with Gasteiger partial charge in [-0.05, 0) is 17.7 Å². The van der Waals surface area contributed by atoms with Gasteiger partial charge in [0.1, 0.15) is 11.4 Å². The van der Waals surface area contributed by atoms with Crippen LogP contribution in [0.25, 0.3) is 16.0 Å². The van der Waals surface area contributed by atoms with E-state index >= 15 is 0 Å². The number of methoxy groups -OCH3 is 1. The summed E-state index contributed by atoms with van der Waals surface area (Å²) in [6, 6.07) is 8.27.